The van der Waals surface area contributed by atoms with Crippen LogP contribution in [0.1, 0.15) is 36.8 Å². The molecule has 0 spiro atoms. The van der Waals surface area contributed by atoms with E-state index in [9.17, 15) is 14.4 Å². The van der Waals surface area contributed by atoms with Gasteiger partial charge in [0.2, 0.25) is 0 Å². The normalized spacial score (nSPS) is 16.1. The number of nitrogens with zero attached hydrogens (tertiary/aromatic N) is 3. The van der Waals surface area contributed by atoms with E-state index >= 15 is 0 Å². The minimum atomic E-state index is -2.00. The third-order valence-corrected chi connectivity index (χ3v) is 10.4. The quantitative estimate of drug-likeness (QED) is 0.457. The molecule has 0 unspecified atom stereocenters. The molecule has 184 valence electrons. The molecular formula is C27H33N3O4Si. The third-order valence-electron chi connectivity index (χ3n) is 6.86. The van der Waals surface area contributed by atoms with Crippen molar-refractivity contribution in [3.8, 4) is 0 Å². The number of anilines is 2. The van der Waals surface area contributed by atoms with Gasteiger partial charge in [0.05, 0.1) is 6.42 Å². The van der Waals surface area contributed by atoms with Gasteiger partial charge in [0, 0.05) is 52.4 Å². The predicted octanol–water partition coefficient (Wildman–Crippen LogP) is 2.77. The summed E-state index contributed by atoms with van der Waals surface area (Å²) in [6.07, 6.45) is 2.79. The van der Waals surface area contributed by atoms with Crippen LogP contribution in [0.2, 0.25) is 13.1 Å². The highest BCUT2D eigenvalue weighted by atomic mass is 28.3. The fourth-order valence-electron chi connectivity index (χ4n) is 4.77. The van der Waals surface area contributed by atoms with Crippen LogP contribution in [0.25, 0.3) is 5.57 Å². The summed E-state index contributed by atoms with van der Waals surface area (Å²) in [5.74, 6) is -1.50. The molecule has 0 N–H and O–H groups in total. The van der Waals surface area contributed by atoms with Gasteiger partial charge < -0.3 is 14.6 Å². The minimum Gasteiger partial charge on any atom is -0.378 e. The Morgan fingerprint density at radius 1 is 0.914 bits per heavy atom. The fourth-order valence-corrected chi connectivity index (χ4v) is 7.86. The number of rotatable bonds is 6. The van der Waals surface area contributed by atoms with Crippen LogP contribution in [0.15, 0.2) is 42.5 Å². The van der Waals surface area contributed by atoms with Crippen molar-refractivity contribution in [2.75, 3.05) is 38.0 Å². The average Bonchev–Trinajstić information content (AvgIpc) is 3.12. The largest absolute Gasteiger partial charge is 0.378 e. The molecule has 0 radical (unpaired) electrons. The topological polar surface area (TPSA) is 70.2 Å². The monoisotopic (exact) mass is 491 g/mol. The van der Waals surface area contributed by atoms with Gasteiger partial charge in [0.1, 0.15) is 8.07 Å². The first-order valence-electron chi connectivity index (χ1n) is 11.9. The second-order valence-corrected chi connectivity index (χ2v) is 14.4. The number of carbonyl (C=O) groups is 3. The van der Waals surface area contributed by atoms with E-state index in [4.69, 9.17) is 4.84 Å². The maximum atomic E-state index is 12.4. The second kappa shape index (κ2) is 9.34. The zero-order valence-corrected chi connectivity index (χ0v) is 22.3. The molecule has 2 aliphatic heterocycles. The molecule has 35 heavy (non-hydrogen) atoms. The van der Waals surface area contributed by atoms with Crippen molar-refractivity contribution in [1.82, 2.24) is 5.06 Å². The summed E-state index contributed by atoms with van der Waals surface area (Å²) in [7, 11) is 6.21. The molecular weight excluding hydrogens is 458 g/mol. The molecule has 0 aliphatic carbocycles. The molecule has 7 nitrogen and oxygen atoms in total. The van der Waals surface area contributed by atoms with Gasteiger partial charge in [-0.05, 0) is 57.8 Å². The van der Waals surface area contributed by atoms with E-state index in [0.29, 0.717) is 11.5 Å². The number of hydrogen-bond donors (Lipinski definition) is 0. The molecule has 0 saturated carbocycles. The van der Waals surface area contributed by atoms with Crippen LogP contribution in [-0.2, 0) is 19.2 Å². The Morgan fingerprint density at radius 3 is 1.86 bits per heavy atom. The number of amides is 2. The Labute approximate surface area is 207 Å². The van der Waals surface area contributed by atoms with E-state index < -0.39 is 25.9 Å². The summed E-state index contributed by atoms with van der Waals surface area (Å²) in [4.78, 5) is 45.1. The van der Waals surface area contributed by atoms with Crippen molar-refractivity contribution in [1.29, 1.82) is 0 Å². The Hall–Kier alpha value is -3.39. The van der Waals surface area contributed by atoms with E-state index in [0.717, 1.165) is 5.57 Å². The highest BCUT2D eigenvalue weighted by molar-refractivity contribution is 7.02. The van der Waals surface area contributed by atoms with Gasteiger partial charge in [-0.1, -0.05) is 31.3 Å². The highest BCUT2D eigenvalue weighted by Gasteiger charge is 2.37. The zero-order valence-electron chi connectivity index (χ0n) is 21.3. The van der Waals surface area contributed by atoms with E-state index in [-0.39, 0.29) is 19.3 Å². The van der Waals surface area contributed by atoms with Crippen LogP contribution >= 0.6 is 0 Å². The molecule has 2 aliphatic rings. The molecule has 2 heterocycles. The minimum absolute atomic E-state index is 0.0810. The van der Waals surface area contributed by atoms with Gasteiger partial charge in [-0.25, -0.2) is 4.79 Å². The van der Waals surface area contributed by atoms with Crippen LogP contribution < -0.4 is 20.2 Å². The van der Waals surface area contributed by atoms with Gasteiger partial charge in [-0.15, -0.1) is 5.06 Å². The van der Waals surface area contributed by atoms with E-state index in [1.807, 2.05) is 0 Å². The van der Waals surface area contributed by atoms with Crippen LogP contribution in [0.5, 0.6) is 0 Å². The molecule has 1 saturated heterocycles. The Bertz CT molecular complexity index is 1150. The molecule has 0 aromatic heterocycles. The van der Waals surface area contributed by atoms with Crippen LogP contribution in [0.4, 0.5) is 11.4 Å². The molecule has 0 atom stereocenters. The molecule has 4 rings (SSSR count). The molecule has 0 bridgehead atoms. The molecule has 8 heteroatoms. The van der Waals surface area contributed by atoms with Crippen molar-refractivity contribution in [2.24, 2.45) is 0 Å². The third kappa shape index (κ3) is 4.62. The Balaban J connectivity index is 1.69. The van der Waals surface area contributed by atoms with Crippen molar-refractivity contribution in [2.45, 2.75) is 38.8 Å². The number of imide groups is 1. The molecule has 2 amide bonds. The smallest absolute Gasteiger partial charge is 0.333 e. The lowest BCUT2D eigenvalue weighted by Crippen LogP contribution is -2.58. The average molecular weight is 492 g/mol. The summed E-state index contributed by atoms with van der Waals surface area (Å²) in [6, 6.07) is 13.3. The standard InChI is InChI=1S/C27H33N3O4Si/c1-28(2)18-10-12-21-20(8-7-9-27(33)34-30-25(31)14-15-26(30)32)22-13-11-19(29(3)4)17-24(22)35(5,6)23(21)16-18/h8,10-13,16-17H,7,9,14-15H2,1-6H3. The van der Waals surface area contributed by atoms with E-state index in [2.05, 4.69) is 93.6 Å². The van der Waals surface area contributed by atoms with Gasteiger partial charge in [-0.2, -0.15) is 0 Å². The van der Waals surface area contributed by atoms with Crippen molar-refractivity contribution < 1.29 is 19.2 Å². The van der Waals surface area contributed by atoms with Crippen LogP contribution in [-0.4, -0.2) is 59.1 Å². The lowest BCUT2D eigenvalue weighted by molar-refractivity contribution is -0.197. The zero-order chi connectivity index (χ0) is 25.5. The SMILES string of the molecule is CN(C)c1ccc2c(c1)[Si](C)(C)c1cc(N(C)C)ccc1C2=CCCC(=O)ON1C(=O)CCC1=O. The molecule has 2 aromatic rings. The highest BCUT2D eigenvalue weighted by Crippen LogP contribution is 2.33. The van der Waals surface area contributed by atoms with Crippen LogP contribution in [0.3, 0.4) is 0 Å². The first kappa shape index (κ1) is 24.7. The summed E-state index contributed by atoms with van der Waals surface area (Å²) in [6.45, 7) is 4.78. The van der Waals surface area contributed by atoms with Crippen molar-refractivity contribution in [3.05, 3.63) is 53.6 Å². The first-order valence-corrected chi connectivity index (χ1v) is 14.9. The summed E-state index contributed by atoms with van der Waals surface area (Å²) in [5.41, 5.74) is 5.85. The van der Waals surface area contributed by atoms with Crippen molar-refractivity contribution >= 4 is 53.2 Å². The summed E-state index contributed by atoms with van der Waals surface area (Å²) in [5, 5.41) is 3.35. The molecule has 2 aromatic carbocycles. The van der Waals surface area contributed by atoms with Gasteiger partial charge in [0.25, 0.3) is 11.8 Å². The molecule has 1 fully saturated rings. The van der Waals surface area contributed by atoms with E-state index in [1.165, 1.54) is 32.9 Å². The second-order valence-electron chi connectivity index (χ2n) is 10.1. The predicted molar refractivity (Wildman–Crippen MR) is 142 cm³/mol. The maximum absolute atomic E-state index is 12.4. The van der Waals surface area contributed by atoms with Gasteiger partial charge >= 0.3 is 5.97 Å². The maximum Gasteiger partial charge on any atom is 0.333 e. The number of fused-ring (bicyclic) bond motifs is 2. The lowest BCUT2D eigenvalue weighted by atomic mass is 9.94. The Kier molecular flexibility index (Phi) is 6.59. The summed E-state index contributed by atoms with van der Waals surface area (Å²) < 4.78 is 0. The summed E-state index contributed by atoms with van der Waals surface area (Å²) >= 11 is 0. The fraction of sp³-hybridized carbons (Fsp3) is 0.370. The number of hydrogen-bond acceptors (Lipinski definition) is 6. The van der Waals surface area contributed by atoms with Crippen molar-refractivity contribution in [3.63, 3.8) is 0 Å². The first-order chi connectivity index (χ1) is 16.5. The number of hydroxylamine groups is 2. The van der Waals surface area contributed by atoms with E-state index in [1.54, 1.807) is 0 Å². The van der Waals surface area contributed by atoms with Gasteiger partial charge in [-0.3, -0.25) is 9.59 Å². The number of allylic oxidation sites excluding steroid dienone is 1. The van der Waals surface area contributed by atoms with Crippen LogP contribution in [0, 0.1) is 0 Å². The lowest BCUT2D eigenvalue weighted by Gasteiger charge is -2.36. The number of carbonyl (C=O) groups excluding carboxylic acids is 3. The van der Waals surface area contributed by atoms with Gasteiger partial charge in [0.15, 0.2) is 0 Å². The Morgan fingerprint density at radius 2 is 1.40 bits per heavy atom. The number of benzene rings is 2.